The van der Waals surface area contributed by atoms with Crippen LogP contribution in [0.15, 0.2) is 30.3 Å². The first kappa shape index (κ1) is 14.2. The standard InChI is InChI=1S/C14H23NO2/c1-3-14(16)9-15-12(2)10-17-11-13-7-5-4-6-8-13/h4-8,12,14-16H,3,9-11H2,1-2H3/t12?,14-/m0/s1. The molecular formula is C14H23NO2. The molecule has 0 bridgehead atoms. The van der Waals surface area contributed by atoms with Gasteiger partial charge in [0.2, 0.25) is 0 Å². The smallest absolute Gasteiger partial charge is 0.0717 e. The number of hydrogen-bond donors (Lipinski definition) is 2. The molecule has 2 N–H and O–H groups in total. The lowest BCUT2D eigenvalue weighted by Gasteiger charge is -2.16. The average Bonchev–Trinajstić information content (AvgIpc) is 2.37. The normalized spacial score (nSPS) is 14.5. The van der Waals surface area contributed by atoms with Gasteiger partial charge < -0.3 is 15.2 Å². The molecule has 0 heterocycles. The molecule has 0 fully saturated rings. The zero-order valence-electron chi connectivity index (χ0n) is 10.7. The van der Waals surface area contributed by atoms with E-state index in [0.717, 1.165) is 6.42 Å². The fourth-order valence-electron chi connectivity index (χ4n) is 1.47. The van der Waals surface area contributed by atoms with Crippen molar-refractivity contribution in [2.75, 3.05) is 13.2 Å². The van der Waals surface area contributed by atoms with Crippen molar-refractivity contribution in [1.29, 1.82) is 0 Å². The van der Waals surface area contributed by atoms with Gasteiger partial charge in [-0.25, -0.2) is 0 Å². The lowest BCUT2D eigenvalue weighted by molar-refractivity contribution is 0.0949. The maximum atomic E-state index is 9.41. The molecule has 96 valence electrons. The molecule has 0 saturated carbocycles. The van der Waals surface area contributed by atoms with Gasteiger partial charge in [0.15, 0.2) is 0 Å². The minimum absolute atomic E-state index is 0.258. The highest BCUT2D eigenvalue weighted by Gasteiger charge is 2.05. The Morgan fingerprint density at radius 3 is 2.65 bits per heavy atom. The van der Waals surface area contributed by atoms with E-state index in [9.17, 15) is 5.11 Å². The van der Waals surface area contributed by atoms with Crippen LogP contribution in [0.2, 0.25) is 0 Å². The van der Waals surface area contributed by atoms with Crippen LogP contribution in [0.4, 0.5) is 0 Å². The third kappa shape index (κ3) is 6.41. The maximum Gasteiger partial charge on any atom is 0.0717 e. The number of hydrogen-bond acceptors (Lipinski definition) is 3. The molecule has 17 heavy (non-hydrogen) atoms. The zero-order valence-corrected chi connectivity index (χ0v) is 10.7. The molecule has 1 aromatic carbocycles. The molecule has 0 spiro atoms. The molecule has 3 nitrogen and oxygen atoms in total. The van der Waals surface area contributed by atoms with Gasteiger partial charge in [0.25, 0.3) is 0 Å². The summed E-state index contributed by atoms with van der Waals surface area (Å²) < 4.78 is 5.60. The van der Waals surface area contributed by atoms with E-state index >= 15 is 0 Å². The van der Waals surface area contributed by atoms with Crippen LogP contribution < -0.4 is 5.32 Å². The number of ether oxygens (including phenoxy) is 1. The highest BCUT2D eigenvalue weighted by Crippen LogP contribution is 2.00. The van der Waals surface area contributed by atoms with Gasteiger partial charge in [-0.3, -0.25) is 0 Å². The van der Waals surface area contributed by atoms with Gasteiger partial charge >= 0.3 is 0 Å². The molecule has 0 aliphatic rings. The van der Waals surface area contributed by atoms with E-state index in [0.29, 0.717) is 19.8 Å². The molecule has 0 amide bonds. The van der Waals surface area contributed by atoms with E-state index in [4.69, 9.17) is 4.74 Å². The van der Waals surface area contributed by atoms with Crippen molar-refractivity contribution in [3.05, 3.63) is 35.9 Å². The number of aliphatic hydroxyl groups excluding tert-OH is 1. The van der Waals surface area contributed by atoms with Gasteiger partial charge in [-0.2, -0.15) is 0 Å². The lowest BCUT2D eigenvalue weighted by Crippen LogP contribution is -2.36. The summed E-state index contributed by atoms with van der Waals surface area (Å²) in [5.41, 5.74) is 1.19. The van der Waals surface area contributed by atoms with Gasteiger partial charge in [-0.05, 0) is 18.9 Å². The van der Waals surface area contributed by atoms with Crippen LogP contribution in [0.5, 0.6) is 0 Å². The summed E-state index contributed by atoms with van der Waals surface area (Å²) in [5, 5.41) is 12.7. The van der Waals surface area contributed by atoms with Crippen molar-refractivity contribution >= 4 is 0 Å². The van der Waals surface area contributed by atoms with Gasteiger partial charge in [0.05, 0.1) is 19.3 Å². The third-order valence-electron chi connectivity index (χ3n) is 2.65. The fourth-order valence-corrected chi connectivity index (χ4v) is 1.47. The molecule has 0 aliphatic carbocycles. The van der Waals surface area contributed by atoms with Gasteiger partial charge in [-0.15, -0.1) is 0 Å². The van der Waals surface area contributed by atoms with E-state index in [1.165, 1.54) is 5.56 Å². The van der Waals surface area contributed by atoms with Crippen LogP contribution in [0.3, 0.4) is 0 Å². The minimum Gasteiger partial charge on any atom is -0.392 e. The first-order chi connectivity index (χ1) is 8.22. The summed E-state index contributed by atoms with van der Waals surface area (Å²) in [5.74, 6) is 0. The number of benzene rings is 1. The van der Waals surface area contributed by atoms with Crippen LogP contribution in [-0.4, -0.2) is 30.4 Å². The first-order valence-electron chi connectivity index (χ1n) is 6.25. The third-order valence-corrected chi connectivity index (χ3v) is 2.65. The van der Waals surface area contributed by atoms with Gasteiger partial charge in [0, 0.05) is 12.6 Å². The van der Waals surface area contributed by atoms with Crippen LogP contribution in [0.25, 0.3) is 0 Å². The van der Waals surface area contributed by atoms with E-state index in [-0.39, 0.29) is 12.1 Å². The maximum absolute atomic E-state index is 9.41. The van der Waals surface area contributed by atoms with Crippen molar-refractivity contribution in [2.45, 2.75) is 39.0 Å². The second kappa shape index (κ2) is 8.23. The zero-order chi connectivity index (χ0) is 12.5. The minimum atomic E-state index is -0.258. The Bertz CT molecular complexity index is 290. The van der Waals surface area contributed by atoms with Crippen molar-refractivity contribution in [2.24, 2.45) is 0 Å². The molecule has 1 unspecified atom stereocenters. The Balaban J connectivity index is 2.10. The molecule has 0 radical (unpaired) electrons. The summed E-state index contributed by atoms with van der Waals surface area (Å²) >= 11 is 0. The van der Waals surface area contributed by atoms with Crippen LogP contribution >= 0.6 is 0 Å². The van der Waals surface area contributed by atoms with Crippen molar-refractivity contribution in [1.82, 2.24) is 5.32 Å². The largest absolute Gasteiger partial charge is 0.392 e. The average molecular weight is 237 g/mol. The van der Waals surface area contributed by atoms with Crippen molar-refractivity contribution < 1.29 is 9.84 Å². The lowest BCUT2D eigenvalue weighted by atomic mass is 10.2. The molecule has 3 heteroatoms. The molecule has 1 rings (SSSR count). The fraction of sp³-hybridized carbons (Fsp3) is 0.571. The number of rotatable bonds is 8. The van der Waals surface area contributed by atoms with E-state index < -0.39 is 0 Å². The quantitative estimate of drug-likeness (QED) is 0.726. The summed E-state index contributed by atoms with van der Waals surface area (Å²) in [4.78, 5) is 0. The summed E-state index contributed by atoms with van der Waals surface area (Å²) in [7, 11) is 0. The number of aliphatic hydroxyl groups is 1. The first-order valence-corrected chi connectivity index (χ1v) is 6.25. The Labute approximate surface area is 104 Å². The molecule has 0 saturated heterocycles. The van der Waals surface area contributed by atoms with Crippen LogP contribution in [0, 0.1) is 0 Å². The van der Waals surface area contributed by atoms with Crippen molar-refractivity contribution in [3.8, 4) is 0 Å². The van der Waals surface area contributed by atoms with Crippen LogP contribution in [-0.2, 0) is 11.3 Å². The molecule has 2 atom stereocenters. The second-order valence-corrected chi connectivity index (χ2v) is 4.37. The molecule has 1 aromatic rings. The van der Waals surface area contributed by atoms with E-state index in [1.807, 2.05) is 25.1 Å². The van der Waals surface area contributed by atoms with Crippen molar-refractivity contribution in [3.63, 3.8) is 0 Å². The molecule has 0 aromatic heterocycles. The Morgan fingerprint density at radius 2 is 2.00 bits per heavy atom. The molecule has 0 aliphatic heterocycles. The number of nitrogens with one attached hydrogen (secondary N) is 1. The van der Waals surface area contributed by atoms with E-state index in [2.05, 4.69) is 24.4 Å². The predicted octanol–water partition coefficient (Wildman–Crippen LogP) is 1.95. The Morgan fingerprint density at radius 1 is 1.29 bits per heavy atom. The van der Waals surface area contributed by atoms with Crippen LogP contribution in [0.1, 0.15) is 25.8 Å². The molecular weight excluding hydrogens is 214 g/mol. The second-order valence-electron chi connectivity index (χ2n) is 4.37. The summed E-state index contributed by atoms with van der Waals surface area (Å²) in [6.07, 6.45) is 0.525. The topological polar surface area (TPSA) is 41.5 Å². The summed E-state index contributed by atoms with van der Waals surface area (Å²) in [6.45, 7) is 5.97. The SMILES string of the molecule is CC[C@H](O)CNC(C)COCc1ccccc1. The monoisotopic (exact) mass is 237 g/mol. The van der Waals surface area contributed by atoms with E-state index in [1.54, 1.807) is 0 Å². The van der Waals surface area contributed by atoms with Gasteiger partial charge in [-0.1, -0.05) is 37.3 Å². The predicted molar refractivity (Wildman–Crippen MR) is 69.9 cm³/mol. The Hall–Kier alpha value is -0.900. The Kier molecular flexibility index (Phi) is 6.86. The van der Waals surface area contributed by atoms with Gasteiger partial charge in [0.1, 0.15) is 0 Å². The highest BCUT2D eigenvalue weighted by atomic mass is 16.5. The summed E-state index contributed by atoms with van der Waals surface area (Å²) in [6, 6.07) is 10.4. The highest BCUT2D eigenvalue weighted by molar-refractivity contribution is 5.13.